The Morgan fingerprint density at radius 2 is 1.75 bits per heavy atom. The van der Waals surface area contributed by atoms with Crippen molar-refractivity contribution in [2.45, 2.75) is 18.3 Å². The second-order valence-corrected chi connectivity index (χ2v) is 7.44. The highest BCUT2D eigenvalue weighted by Crippen LogP contribution is 2.41. The molecule has 1 aliphatic rings. The van der Waals surface area contributed by atoms with Crippen molar-refractivity contribution >= 4 is 22.5 Å². The molecule has 0 unspecified atom stereocenters. The molecule has 5 rings (SSSR count). The summed E-state index contributed by atoms with van der Waals surface area (Å²) in [5.41, 5.74) is 2.25. The first-order valence-electron chi connectivity index (χ1n) is 9.29. The molecule has 2 aromatic carbocycles. The van der Waals surface area contributed by atoms with E-state index in [1.165, 1.54) is 0 Å². The summed E-state index contributed by atoms with van der Waals surface area (Å²) < 4.78 is 11.8. The molecule has 3 heterocycles. The number of hydrogen-bond acceptors (Lipinski definition) is 5. The van der Waals surface area contributed by atoms with Crippen LogP contribution in [-0.4, -0.2) is 28.4 Å². The zero-order valence-electron chi connectivity index (χ0n) is 15.1. The highest BCUT2D eigenvalue weighted by molar-refractivity contribution is 6.30. The molecule has 1 saturated heterocycles. The maximum absolute atomic E-state index is 6.26. The van der Waals surface area contributed by atoms with Crippen molar-refractivity contribution in [1.29, 1.82) is 0 Å². The summed E-state index contributed by atoms with van der Waals surface area (Å²) in [4.78, 5) is 4.67. The van der Waals surface area contributed by atoms with E-state index in [0.29, 0.717) is 35.7 Å². The number of fused-ring (bicyclic) bond motifs is 1. The van der Waals surface area contributed by atoms with Gasteiger partial charge in [0, 0.05) is 23.6 Å². The van der Waals surface area contributed by atoms with Crippen LogP contribution in [0.4, 0.5) is 0 Å². The molecule has 0 bridgehead atoms. The van der Waals surface area contributed by atoms with Crippen molar-refractivity contribution < 1.29 is 9.15 Å². The van der Waals surface area contributed by atoms with Crippen LogP contribution in [0.2, 0.25) is 5.02 Å². The number of rotatable bonds is 3. The van der Waals surface area contributed by atoms with Gasteiger partial charge >= 0.3 is 0 Å². The largest absolute Gasteiger partial charge is 0.418 e. The first-order chi connectivity index (χ1) is 13.7. The lowest BCUT2D eigenvalue weighted by Gasteiger charge is -2.34. The molecule has 5 nitrogen and oxygen atoms in total. The van der Waals surface area contributed by atoms with Crippen molar-refractivity contribution in [3.63, 3.8) is 0 Å². The fraction of sp³-hybridized carbons (Fsp3) is 0.227. The van der Waals surface area contributed by atoms with E-state index in [1.807, 2.05) is 54.6 Å². The molecule has 6 heteroatoms. The SMILES string of the molecule is Clc1cccc(C2(c3nnc(-c4ccc5ccccc5n4)o3)CCOCC2)c1. The van der Waals surface area contributed by atoms with Crippen LogP contribution in [0, 0.1) is 0 Å². The molecule has 0 saturated carbocycles. The minimum atomic E-state index is -0.398. The van der Waals surface area contributed by atoms with Crippen LogP contribution in [0.15, 0.2) is 65.1 Å². The number of ether oxygens (including phenoxy) is 1. The van der Waals surface area contributed by atoms with Crippen LogP contribution in [0.1, 0.15) is 24.3 Å². The molecular weight excluding hydrogens is 374 g/mol. The van der Waals surface area contributed by atoms with Gasteiger partial charge in [0.05, 0.1) is 10.9 Å². The topological polar surface area (TPSA) is 61.0 Å². The van der Waals surface area contributed by atoms with Crippen LogP contribution in [0.3, 0.4) is 0 Å². The van der Waals surface area contributed by atoms with E-state index >= 15 is 0 Å². The van der Waals surface area contributed by atoms with E-state index < -0.39 is 5.41 Å². The molecule has 1 aliphatic heterocycles. The first-order valence-corrected chi connectivity index (χ1v) is 9.66. The summed E-state index contributed by atoms with van der Waals surface area (Å²) in [6, 6.07) is 19.8. The van der Waals surface area contributed by atoms with E-state index in [9.17, 15) is 0 Å². The van der Waals surface area contributed by atoms with Gasteiger partial charge in [0.2, 0.25) is 5.89 Å². The lowest BCUT2D eigenvalue weighted by Crippen LogP contribution is -2.35. The average Bonchev–Trinajstić information content (AvgIpc) is 3.25. The zero-order chi connectivity index (χ0) is 19.0. The minimum absolute atomic E-state index is 0.398. The van der Waals surface area contributed by atoms with Gasteiger partial charge in [-0.15, -0.1) is 10.2 Å². The number of para-hydroxylation sites is 1. The van der Waals surface area contributed by atoms with Crippen molar-refractivity contribution in [1.82, 2.24) is 15.2 Å². The Morgan fingerprint density at radius 3 is 2.61 bits per heavy atom. The van der Waals surface area contributed by atoms with Crippen LogP contribution in [0.5, 0.6) is 0 Å². The highest BCUT2D eigenvalue weighted by atomic mass is 35.5. The zero-order valence-corrected chi connectivity index (χ0v) is 15.9. The Kier molecular flexibility index (Phi) is 4.34. The number of benzene rings is 2. The molecule has 1 fully saturated rings. The summed E-state index contributed by atoms with van der Waals surface area (Å²) >= 11 is 6.26. The van der Waals surface area contributed by atoms with E-state index in [4.69, 9.17) is 20.8 Å². The Labute approximate surface area is 167 Å². The van der Waals surface area contributed by atoms with E-state index in [1.54, 1.807) is 0 Å². The third-order valence-electron chi connectivity index (χ3n) is 5.38. The summed E-state index contributed by atoms with van der Waals surface area (Å²) in [5, 5.41) is 10.5. The van der Waals surface area contributed by atoms with Gasteiger partial charge in [-0.25, -0.2) is 4.98 Å². The monoisotopic (exact) mass is 391 g/mol. The number of pyridine rings is 1. The molecule has 4 aromatic rings. The predicted molar refractivity (Wildman–Crippen MR) is 107 cm³/mol. The summed E-state index contributed by atoms with van der Waals surface area (Å²) in [6.07, 6.45) is 1.53. The molecule has 0 N–H and O–H groups in total. The van der Waals surface area contributed by atoms with Crippen LogP contribution < -0.4 is 0 Å². The van der Waals surface area contributed by atoms with Crippen molar-refractivity contribution in [3.05, 3.63) is 77.1 Å². The van der Waals surface area contributed by atoms with Crippen LogP contribution in [0.25, 0.3) is 22.5 Å². The van der Waals surface area contributed by atoms with Crippen molar-refractivity contribution in [3.8, 4) is 11.6 Å². The molecule has 0 atom stereocenters. The van der Waals surface area contributed by atoms with Gasteiger partial charge in [-0.1, -0.05) is 48.0 Å². The molecule has 2 aromatic heterocycles. The normalized spacial score (nSPS) is 16.3. The van der Waals surface area contributed by atoms with Gasteiger partial charge in [-0.05, 0) is 42.7 Å². The average molecular weight is 392 g/mol. The fourth-order valence-electron chi connectivity index (χ4n) is 3.84. The first kappa shape index (κ1) is 17.3. The van der Waals surface area contributed by atoms with Crippen molar-refractivity contribution in [2.75, 3.05) is 13.2 Å². The van der Waals surface area contributed by atoms with Crippen LogP contribution in [-0.2, 0) is 10.2 Å². The van der Waals surface area contributed by atoms with Gasteiger partial charge in [-0.2, -0.15) is 0 Å². The standard InChI is InChI=1S/C22H18ClN3O2/c23-17-6-3-5-16(14-17)22(10-12-27-13-11-22)21-26-25-20(28-21)19-9-8-15-4-1-2-7-18(15)24-19/h1-9,14H,10-13H2. The predicted octanol–water partition coefficient (Wildman–Crippen LogP) is 5.03. The number of nitrogens with zero attached hydrogens (tertiary/aromatic N) is 3. The maximum atomic E-state index is 6.26. The Balaban J connectivity index is 1.58. The summed E-state index contributed by atoms with van der Waals surface area (Å²) in [6.45, 7) is 1.27. The second kappa shape index (κ2) is 7.00. The molecule has 0 radical (unpaired) electrons. The van der Waals surface area contributed by atoms with Gasteiger partial charge < -0.3 is 9.15 Å². The molecule has 140 valence electrons. The molecule has 28 heavy (non-hydrogen) atoms. The summed E-state index contributed by atoms with van der Waals surface area (Å²) in [5.74, 6) is 1.01. The van der Waals surface area contributed by atoms with E-state index in [0.717, 1.165) is 29.3 Å². The van der Waals surface area contributed by atoms with Gasteiger partial charge in [0.15, 0.2) is 0 Å². The number of hydrogen-bond donors (Lipinski definition) is 0. The van der Waals surface area contributed by atoms with Gasteiger partial charge in [-0.3, -0.25) is 0 Å². The lowest BCUT2D eigenvalue weighted by atomic mass is 9.74. The number of halogens is 1. The second-order valence-electron chi connectivity index (χ2n) is 7.01. The minimum Gasteiger partial charge on any atom is -0.418 e. The summed E-state index contributed by atoms with van der Waals surface area (Å²) in [7, 11) is 0. The molecule has 0 spiro atoms. The third-order valence-corrected chi connectivity index (χ3v) is 5.61. The fourth-order valence-corrected chi connectivity index (χ4v) is 4.03. The Hall–Kier alpha value is -2.76. The third kappa shape index (κ3) is 2.97. The quantitative estimate of drug-likeness (QED) is 0.490. The maximum Gasteiger partial charge on any atom is 0.266 e. The highest BCUT2D eigenvalue weighted by Gasteiger charge is 2.41. The van der Waals surface area contributed by atoms with Crippen molar-refractivity contribution in [2.24, 2.45) is 0 Å². The van der Waals surface area contributed by atoms with Crippen LogP contribution >= 0.6 is 11.6 Å². The Bertz CT molecular complexity index is 1140. The smallest absolute Gasteiger partial charge is 0.266 e. The van der Waals surface area contributed by atoms with E-state index in [2.05, 4.69) is 21.2 Å². The molecule has 0 amide bonds. The lowest BCUT2D eigenvalue weighted by molar-refractivity contribution is 0.0546. The Morgan fingerprint density at radius 1 is 0.893 bits per heavy atom. The van der Waals surface area contributed by atoms with Gasteiger partial charge in [0.25, 0.3) is 5.89 Å². The van der Waals surface area contributed by atoms with E-state index in [-0.39, 0.29) is 0 Å². The molecular formula is C22H18ClN3O2. The molecule has 0 aliphatic carbocycles. The number of aromatic nitrogens is 3. The van der Waals surface area contributed by atoms with Gasteiger partial charge in [0.1, 0.15) is 5.69 Å².